The first-order valence-corrected chi connectivity index (χ1v) is 10.8. The van der Waals surface area contributed by atoms with Gasteiger partial charge in [0.05, 0.1) is 23.4 Å². The van der Waals surface area contributed by atoms with Gasteiger partial charge in [-0.25, -0.2) is 0 Å². The van der Waals surface area contributed by atoms with Crippen LogP contribution in [0.15, 0.2) is 53.9 Å². The molecule has 1 amide bonds. The van der Waals surface area contributed by atoms with E-state index in [1.807, 2.05) is 41.5 Å². The second-order valence-electron chi connectivity index (χ2n) is 7.13. The molecule has 0 aliphatic carbocycles. The molecule has 0 N–H and O–H groups in total. The molecule has 0 fully saturated rings. The van der Waals surface area contributed by atoms with Crippen LogP contribution in [0.1, 0.15) is 42.1 Å². The Balaban J connectivity index is 1.70. The van der Waals surface area contributed by atoms with Crippen LogP contribution in [0.2, 0.25) is 0 Å². The maximum absolute atomic E-state index is 12.9. The van der Waals surface area contributed by atoms with Crippen LogP contribution in [-0.4, -0.2) is 37.9 Å². The smallest absolute Gasteiger partial charge is 0.233 e. The first-order valence-electron chi connectivity index (χ1n) is 9.84. The zero-order valence-corrected chi connectivity index (χ0v) is 18.5. The summed E-state index contributed by atoms with van der Waals surface area (Å²) in [6.45, 7) is 8.73. The van der Waals surface area contributed by atoms with Gasteiger partial charge in [-0.05, 0) is 68.7 Å². The Hall–Kier alpha value is -3.11. The van der Waals surface area contributed by atoms with Gasteiger partial charge in [-0.1, -0.05) is 30.0 Å². The molecule has 0 bridgehead atoms. The van der Waals surface area contributed by atoms with Crippen molar-refractivity contribution in [2.75, 3.05) is 12.3 Å². The standard InChI is InChI=1S/C23H25N5OS/c1-5-27(18(4)20-9-7-19(13-24)8-10-20)22(29)14-30-23-26-25-15-28(23)21-11-6-16(2)17(3)12-21/h6-12,15,18H,5,14H2,1-4H3. The highest BCUT2D eigenvalue weighted by molar-refractivity contribution is 7.99. The van der Waals surface area contributed by atoms with Gasteiger partial charge in [0.1, 0.15) is 6.33 Å². The van der Waals surface area contributed by atoms with Gasteiger partial charge < -0.3 is 4.90 Å². The lowest BCUT2D eigenvalue weighted by Gasteiger charge is -2.28. The van der Waals surface area contributed by atoms with Crippen LogP contribution in [0, 0.1) is 25.2 Å². The predicted octanol–water partition coefficient (Wildman–Crippen LogP) is 4.46. The summed E-state index contributed by atoms with van der Waals surface area (Å²) in [5.74, 6) is 0.312. The number of nitriles is 1. The molecule has 0 saturated heterocycles. The normalized spacial score (nSPS) is 11.7. The third-order valence-electron chi connectivity index (χ3n) is 5.26. The average Bonchev–Trinajstić information content (AvgIpc) is 3.23. The molecule has 154 valence electrons. The Morgan fingerprint density at radius 3 is 2.57 bits per heavy atom. The van der Waals surface area contributed by atoms with Crippen molar-refractivity contribution in [1.29, 1.82) is 5.26 Å². The van der Waals surface area contributed by atoms with E-state index in [2.05, 4.69) is 42.2 Å². The van der Waals surface area contributed by atoms with Crippen molar-refractivity contribution in [2.24, 2.45) is 0 Å². The minimum absolute atomic E-state index is 0.0361. The van der Waals surface area contributed by atoms with Crippen LogP contribution in [0.4, 0.5) is 0 Å². The van der Waals surface area contributed by atoms with Gasteiger partial charge in [0.2, 0.25) is 5.91 Å². The number of carbonyl (C=O) groups excluding carboxylic acids is 1. The summed E-state index contributed by atoms with van der Waals surface area (Å²) in [6, 6.07) is 15.6. The van der Waals surface area contributed by atoms with E-state index in [-0.39, 0.29) is 17.7 Å². The van der Waals surface area contributed by atoms with Crippen LogP contribution >= 0.6 is 11.8 Å². The van der Waals surface area contributed by atoms with E-state index in [0.29, 0.717) is 17.3 Å². The molecule has 3 rings (SSSR count). The highest BCUT2D eigenvalue weighted by Crippen LogP contribution is 2.25. The van der Waals surface area contributed by atoms with Crippen molar-refractivity contribution in [1.82, 2.24) is 19.7 Å². The van der Waals surface area contributed by atoms with E-state index in [1.165, 1.54) is 22.9 Å². The number of thioether (sulfide) groups is 1. The molecular formula is C23H25N5OS. The number of nitrogens with zero attached hydrogens (tertiary/aromatic N) is 5. The summed E-state index contributed by atoms with van der Waals surface area (Å²) in [5.41, 5.74) is 5.03. The SMILES string of the molecule is CCN(C(=O)CSc1nncn1-c1ccc(C)c(C)c1)C(C)c1ccc(C#N)cc1. The molecule has 0 saturated carbocycles. The molecule has 0 aliphatic heterocycles. The number of rotatable bonds is 7. The van der Waals surface area contributed by atoms with Gasteiger partial charge in [-0.2, -0.15) is 5.26 Å². The Morgan fingerprint density at radius 2 is 1.93 bits per heavy atom. The molecule has 1 atom stereocenters. The van der Waals surface area contributed by atoms with Crippen molar-refractivity contribution in [3.05, 3.63) is 71.0 Å². The fourth-order valence-corrected chi connectivity index (χ4v) is 4.08. The lowest BCUT2D eigenvalue weighted by Crippen LogP contribution is -2.34. The van der Waals surface area contributed by atoms with E-state index < -0.39 is 0 Å². The maximum Gasteiger partial charge on any atom is 0.233 e. The number of hydrogen-bond acceptors (Lipinski definition) is 5. The molecular weight excluding hydrogens is 394 g/mol. The molecule has 1 aromatic heterocycles. The van der Waals surface area contributed by atoms with E-state index in [4.69, 9.17) is 5.26 Å². The summed E-state index contributed by atoms with van der Waals surface area (Å²) >= 11 is 1.38. The van der Waals surface area contributed by atoms with E-state index >= 15 is 0 Å². The average molecular weight is 420 g/mol. The zero-order chi connectivity index (χ0) is 21.7. The minimum Gasteiger partial charge on any atom is -0.335 e. The van der Waals surface area contributed by atoms with Gasteiger partial charge in [-0.3, -0.25) is 9.36 Å². The first-order chi connectivity index (χ1) is 14.4. The van der Waals surface area contributed by atoms with Crippen LogP contribution in [-0.2, 0) is 4.79 Å². The molecule has 0 spiro atoms. The second kappa shape index (κ2) is 9.59. The number of amides is 1. The summed E-state index contributed by atoms with van der Waals surface area (Å²) in [5, 5.41) is 17.9. The molecule has 3 aromatic rings. The summed E-state index contributed by atoms with van der Waals surface area (Å²) in [6.07, 6.45) is 1.67. The summed E-state index contributed by atoms with van der Waals surface area (Å²) in [4.78, 5) is 14.8. The van der Waals surface area contributed by atoms with Crippen LogP contribution in [0.3, 0.4) is 0 Å². The third-order valence-corrected chi connectivity index (χ3v) is 6.19. The van der Waals surface area contributed by atoms with E-state index in [1.54, 1.807) is 18.5 Å². The van der Waals surface area contributed by atoms with Gasteiger partial charge in [0.15, 0.2) is 5.16 Å². The first kappa shape index (κ1) is 21.6. The highest BCUT2D eigenvalue weighted by atomic mass is 32.2. The van der Waals surface area contributed by atoms with Gasteiger partial charge in [0, 0.05) is 12.2 Å². The third kappa shape index (κ3) is 4.71. The summed E-state index contributed by atoms with van der Waals surface area (Å²) in [7, 11) is 0. The van der Waals surface area contributed by atoms with Gasteiger partial charge in [0.25, 0.3) is 0 Å². The van der Waals surface area contributed by atoms with Gasteiger partial charge >= 0.3 is 0 Å². The van der Waals surface area contributed by atoms with Crippen molar-refractivity contribution in [3.63, 3.8) is 0 Å². The minimum atomic E-state index is -0.0755. The number of hydrogen-bond donors (Lipinski definition) is 0. The highest BCUT2D eigenvalue weighted by Gasteiger charge is 2.21. The fraction of sp³-hybridized carbons (Fsp3) is 0.304. The Morgan fingerprint density at radius 1 is 1.20 bits per heavy atom. The fourth-order valence-electron chi connectivity index (χ4n) is 3.27. The quantitative estimate of drug-likeness (QED) is 0.529. The molecule has 7 heteroatoms. The number of aromatic nitrogens is 3. The molecule has 6 nitrogen and oxygen atoms in total. The lowest BCUT2D eigenvalue weighted by atomic mass is 10.1. The zero-order valence-electron chi connectivity index (χ0n) is 17.7. The molecule has 2 aromatic carbocycles. The number of carbonyl (C=O) groups is 1. The molecule has 1 heterocycles. The largest absolute Gasteiger partial charge is 0.335 e. The Kier molecular flexibility index (Phi) is 6.91. The van der Waals surface area contributed by atoms with Crippen molar-refractivity contribution < 1.29 is 4.79 Å². The van der Waals surface area contributed by atoms with Crippen LogP contribution < -0.4 is 0 Å². The Labute approximate surface area is 181 Å². The molecule has 1 unspecified atom stereocenters. The lowest BCUT2D eigenvalue weighted by molar-refractivity contribution is -0.130. The summed E-state index contributed by atoms with van der Waals surface area (Å²) < 4.78 is 1.91. The molecule has 0 radical (unpaired) electrons. The number of benzene rings is 2. The van der Waals surface area contributed by atoms with Crippen molar-refractivity contribution >= 4 is 17.7 Å². The molecule has 30 heavy (non-hydrogen) atoms. The monoisotopic (exact) mass is 419 g/mol. The number of aryl methyl sites for hydroxylation is 2. The van der Waals surface area contributed by atoms with E-state index in [0.717, 1.165) is 11.3 Å². The Bertz CT molecular complexity index is 1070. The van der Waals surface area contributed by atoms with Crippen molar-refractivity contribution in [3.8, 4) is 11.8 Å². The predicted molar refractivity (Wildman–Crippen MR) is 119 cm³/mol. The van der Waals surface area contributed by atoms with Gasteiger partial charge in [-0.15, -0.1) is 10.2 Å². The maximum atomic E-state index is 12.9. The van der Waals surface area contributed by atoms with Crippen molar-refractivity contribution in [2.45, 2.75) is 38.9 Å². The molecule has 0 aliphatic rings. The van der Waals surface area contributed by atoms with E-state index in [9.17, 15) is 4.79 Å². The van der Waals surface area contributed by atoms with Crippen LogP contribution in [0.5, 0.6) is 0 Å². The topological polar surface area (TPSA) is 74.8 Å². The van der Waals surface area contributed by atoms with Crippen LogP contribution in [0.25, 0.3) is 5.69 Å². The second-order valence-corrected chi connectivity index (χ2v) is 8.07.